The fraction of sp³-hybridized carbons (Fsp3) is 0.355. The molecule has 0 spiro atoms. The maximum atomic E-state index is 13.7. The van der Waals surface area contributed by atoms with Crippen LogP contribution in [0.25, 0.3) is 0 Å². The number of aryl methyl sites for hydroxylation is 2. The SMILES string of the molecule is Cc1ccc(OCC(=O)N(Cc2ccc(F)cc2)C(Cc2ccccc2)C(=O)NC2CCCC2)cc1C. The highest BCUT2D eigenvalue weighted by Crippen LogP contribution is 2.21. The number of carbonyl (C=O) groups excluding carboxylic acids is 2. The van der Waals surface area contributed by atoms with E-state index in [-0.39, 0.29) is 36.8 Å². The van der Waals surface area contributed by atoms with E-state index in [4.69, 9.17) is 4.74 Å². The van der Waals surface area contributed by atoms with Gasteiger partial charge in [0, 0.05) is 19.0 Å². The minimum absolute atomic E-state index is 0.125. The highest BCUT2D eigenvalue weighted by molar-refractivity contribution is 5.88. The van der Waals surface area contributed by atoms with Gasteiger partial charge in [-0.25, -0.2) is 4.39 Å². The van der Waals surface area contributed by atoms with Gasteiger partial charge in [-0.3, -0.25) is 9.59 Å². The third-order valence-electron chi connectivity index (χ3n) is 7.08. The summed E-state index contributed by atoms with van der Waals surface area (Å²) in [6, 6.07) is 20.8. The first-order valence-electron chi connectivity index (χ1n) is 13.0. The Labute approximate surface area is 218 Å². The second kappa shape index (κ2) is 12.5. The molecule has 194 valence electrons. The van der Waals surface area contributed by atoms with E-state index in [1.54, 1.807) is 17.0 Å². The van der Waals surface area contributed by atoms with Crippen LogP contribution in [0.1, 0.15) is 47.9 Å². The topological polar surface area (TPSA) is 58.6 Å². The van der Waals surface area contributed by atoms with Crippen LogP contribution in [-0.4, -0.2) is 35.4 Å². The van der Waals surface area contributed by atoms with Crippen LogP contribution in [0.15, 0.2) is 72.8 Å². The van der Waals surface area contributed by atoms with Crippen LogP contribution < -0.4 is 10.1 Å². The molecule has 1 aliphatic rings. The van der Waals surface area contributed by atoms with E-state index in [0.717, 1.165) is 47.9 Å². The number of halogens is 1. The standard InChI is InChI=1S/C31H35FN2O3/c1-22-12-17-28(18-23(22)2)37-21-30(35)34(20-25-13-15-26(32)16-14-25)29(19-24-8-4-3-5-9-24)31(36)33-27-10-6-7-11-27/h3-5,8-9,12-18,27,29H,6-7,10-11,19-21H2,1-2H3,(H,33,36). The first-order valence-corrected chi connectivity index (χ1v) is 13.0. The number of hydrogen-bond acceptors (Lipinski definition) is 3. The Morgan fingerprint density at radius 2 is 1.65 bits per heavy atom. The molecule has 0 heterocycles. The Morgan fingerprint density at radius 1 is 0.946 bits per heavy atom. The zero-order chi connectivity index (χ0) is 26.2. The lowest BCUT2D eigenvalue weighted by molar-refractivity contribution is -0.143. The van der Waals surface area contributed by atoms with E-state index in [1.165, 1.54) is 12.1 Å². The van der Waals surface area contributed by atoms with E-state index < -0.39 is 6.04 Å². The summed E-state index contributed by atoms with van der Waals surface area (Å²) in [7, 11) is 0. The lowest BCUT2D eigenvalue weighted by Crippen LogP contribution is -2.53. The number of carbonyl (C=O) groups is 2. The van der Waals surface area contributed by atoms with E-state index in [1.807, 2.05) is 62.4 Å². The minimum Gasteiger partial charge on any atom is -0.484 e. The average Bonchev–Trinajstić information content (AvgIpc) is 3.41. The molecule has 0 saturated heterocycles. The molecular weight excluding hydrogens is 467 g/mol. The summed E-state index contributed by atoms with van der Waals surface area (Å²) >= 11 is 0. The number of rotatable bonds is 10. The summed E-state index contributed by atoms with van der Waals surface area (Å²) in [4.78, 5) is 28.9. The van der Waals surface area contributed by atoms with Gasteiger partial charge in [-0.15, -0.1) is 0 Å². The van der Waals surface area contributed by atoms with Crippen molar-refractivity contribution < 1.29 is 18.7 Å². The molecule has 0 aliphatic heterocycles. The van der Waals surface area contributed by atoms with Gasteiger partial charge in [0.25, 0.3) is 5.91 Å². The fourth-order valence-corrected chi connectivity index (χ4v) is 4.74. The van der Waals surface area contributed by atoms with Gasteiger partial charge in [-0.1, -0.05) is 61.4 Å². The lowest BCUT2D eigenvalue weighted by atomic mass is 10.0. The molecule has 3 aromatic carbocycles. The molecule has 1 N–H and O–H groups in total. The summed E-state index contributed by atoms with van der Waals surface area (Å²) in [5, 5.41) is 3.18. The fourth-order valence-electron chi connectivity index (χ4n) is 4.74. The van der Waals surface area contributed by atoms with Crippen molar-refractivity contribution in [2.45, 2.75) is 64.6 Å². The van der Waals surface area contributed by atoms with Gasteiger partial charge in [0.1, 0.15) is 17.6 Å². The molecule has 1 unspecified atom stereocenters. The molecule has 1 aliphatic carbocycles. The lowest BCUT2D eigenvalue weighted by Gasteiger charge is -2.32. The number of nitrogens with one attached hydrogen (secondary N) is 1. The van der Waals surface area contributed by atoms with Crippen LogP contribution in [0.3, 0.4) is 0 Å². The van der Waals surface area contributed by atoms with Gasteiger partial charge in [0.2, 0.25) is 5.91 Å². The third kappa shape index (κ3) is 7.42. The second-order valence-corrected chi connectivity index (χ2v) is 9.88. The van der Waals surface area contributed by atoms with Gasteiger partial charge in [-0.2, -0.15) is 0 Å². The first-order chi connectivity index (χ1) is 17.9. The van der Waals surface area contributed by atoms with Crippen molar-refractivity contribution in [2.75, 3.05) is 6.61 Å². The van der Waals surface area contributed by atoms with Crippen molar-refractivity contribution in [2.24, 2.45) is 0 Å². The molecule has 37 heavy (non-hydrogen) atoms. The van der Waals surface area contributed by atoms with E-state index in [0.29, 0.717) is 12.2 Å². The minimum atomic E-state index is -0.732. The molecule has 6 heteroatoms. The van der Waals surface area contributed by atoms with E-state index in [9.17, 15) is 14.0 Å². The summed E-state index contributed by atoms with van der Waals surface area (Å²) in [5.41, 5.74) is 3.92. The number of nitrogens with zero attached hydrogens (tertiary/aromatic N) is 1. The summed E-state index contributed by atoms with van der Waals surface area (Å²) in [5.74, 6) is -0.213. The van der Waals surface area contributed by atoms with Crippen LogP contribution in [-0.2, 0) is 22.6 Å². The van der Waals surface area contributed by atoms with Gasteiger partial charge in [0.15, 0.2) is 6.61 Å². The molecular formula is C31H35FN2O3. The number of hydrogen-bond donors (Lipinski definition) is 1. The Balaban J connectivity index is 1.60. The monoisotopic (exact) mass is 502 g/mol. The molecule has 0 bridgehead atoms. The average molecular weight is 503 g/mol. The van der Waals surface area contributed by atoms with Gasteiger partial charge >= 0.3 is 0 Å². The largest absolute Gasteiger partial charge is 0.484 e. The smallest absolute Gasteiger partial charge is 0.261 e. The Bertz CT molecular complexity index is 1190. The molecule has 0 aromatic heterocycles. The number of benzene rings is 3. The predicted molar refractivity (Wildman–Crippen MR) is 143 cm³/mol. The Morgan fingerprint density at radius 3 is 2.32 bits per heavy atom. The molecule has 4 rings (SSSR count). The van der Waals surface area contributed by atoms with E-state index in [2.05, 4.69) is 5.32 Å². The molecule has 0 radical (unpaired) electrons. The van der Waals surface area contributed by atoms with Crippen molar-refractivity contribution in [1.29, 1.82) is 0 Å². The summed E-state index contributed by atoms with van der Waals surface area (Å²) < 4.78 is 19.5. The highest BCUT2D eigenvalue weighted by Gasteiger charge is 2.32. The van der Waals surface area contributed by atoms with Crippen molar-refractivity contribution in [3.05, 3.63) is 101 Å². The van der Waals surface area contributed by atoms with E-state index >= 15 is 0 Å². The van der Waals surface area contributed by atoms with Crippen LogP contribution in [0, 0.1) is 19.7 Å². The van der Waals surface area contributed by atoms with Crippen molar-refractivity contribution in [3.8, 4) is 5.75 Å². The molecule has 1 atom stereocenters. The number of ether oxygens (including phenoxy) is 1. The highest BCUT2D eigenvalue weighted by atomic mass is 19.1. The molecule has 5 nitrogen and oxygen atoms in total. The quantitative estimate of drug-likeness (QED) is 0.397. The van der Waals surface area contributed by atoms with Crippen LogP contribution in [0.4, 0.5) is 4.39 Å². The zero-order valence-electron chi connectivity index (χ0n) is 21.6. The summed E-state index contributed by atoms with van der Waals surface area (Å²) in [6.07, 6.45) is 4.46. The Hall–Kier alpha value is -3.67. The first kappa shape index (κ1) is 26.4. The Kier molecular flexibility index (Phi) is 8.94. The van der Waals surface area contributed by atoms with Crippen molar-refractivity contribution in [1.82, 2.24) is 10.2 Å². The zero-order valence-corrected chi connectivity index (χ0v) is 21.6. The normalized spacial score (nSPS) is 14.2. The predicted octanol–water partition coefficient (Wildman–Crippen LogP) is 5.52. The molecule has 3 aromatic rings. The third-order valence-corrected chi connectivity index (χ3v) is 7.08. The maximum absolute atomic E-state index is 13.7. The molecule has 1 fully saturated rings. The molecule has 1 saturated carbocycles. The van der Waals surface area contributed by atoms with Crippen LogP contribution in [0.5, 0.6) is 5.75 Å². The van der Waals surface area contributed by atoms with Gasteiger partial charge in [0.05, 0.1) is 0 Å². The summed E-state index contributed by atoms with van der Waals surface area (Å²) in [6.45, 7) is 3.98. The van der Waals surface area contributed by atoms with Crippen molar-refractivity contribution >= 4 is 11.8 Å². The number of amides is 2. The van der Waals surface area contributed by atoms with Gasteiger partial charge in [-0.05, 0) is 73.2 Å². The van der Waals surface area contributed by atoms with Gasteiger partial charge < -0.3 is 15.0 Å². The van der Waals surface area contributed by atoms with Crippen molar-refractivity contribution in [3.63, 3.8) is 0 Å². The van der Waals surface area contributed by atoms with Crippen LogP contribution >= 0.6 is 0 Å². The van der Waals surface area contributed by atoms with Crippen LogP contribution in [0.2, 0.25) is 0 Å². The second-order valence-electron chi connectivity index (χ2n) is 9.88. The molecule has 2 amide bonds. The maximum Gasteiger partial charge on any atom is 0.261 e.